The van der Waals surface area contributed by atoms with E-state index in [0.717, 1.165) is 5.75 Å². The standard InChI is InChI=1S/C11H14Cl2N2OS/c1-7(17-3-2-14)11(16)15-10-5-8(12)4-9(13)6-10/h4-7H,2-3,14H2,1H3,(H,15,16). The number of benzene rings is 1. The van der Waals surface area contributed by atoms with Crippen LogP contribution in [0.15, 0.2) is 18.2 Å². The van der Waals surface area contributed by atoms with E-state index < -0.39 is 0 Å². The number of amides is 1. The molecule has 1 aromatic carbocycles. The van der Waals surface area contributed by atoms with Crippen molar-refractivity contribution in [2.75, 3.05) is 17.6 Å². The van der Waals surface area contributed by atoms with Crippen LogP contribution in [0.4, 0.5) is 5.69 Å². The third kappa shape index (κ3) is 5.17. The fourth-order valence-corrected chi connectivity index (χ4v) is 2.42. The molecular formula is C11H14Cl2N2OS. The number of nitrogens with one attached hydrogen (secondary N) is 1. The van der Waals surface area contributed by atoms with Crippen molar-refractivity contribution in [3.63, 3.8) is 0 Å². The van der Waals surface area contributed by atoms with Gasteiger partial charge in [-0.15, -0.1) is 11.8 Å². The van der Waals surface area contributed by atoms with Gasteiger partial charge >= 0.3 is 0 Å². The van der Waals surface area contributed by atoms with E-state index in [1.54, 1.807) is 18.2 Å². The number of rotatable bonds is 5. The van der Waals surface area contributed by atoms with Gasteiger partial charge in [0.2, 0.25) is 5.91 Å². The lowest BCUT2D eigenvalue weighted by Gasteiger charge is -2.11. The van der Waals surface area contributed by atoms with Gasteiger partial charge in [0.15, 0.2) is 0 Å². The minimum Gasteiger partial charge on any atom is -0.330 e. The Bertz CT molecular complexity index is 381. The van der Waals surface area contributed by atoms with E-state index in [9.17, 15) is 4.79 Å². The number of thioether (sulfide) groups is 1. The van der Waals surface area contributed by atoms with Crippen molar-refractivity contribution in [1.82, 2.24) is 0 Å². The van der Waals surface area contributed by atoms with E-state index in [1.807, 2.05) is 6.92 Å². The molecule has 0 heterocycles. The van der Waals surface area contributed by atoms with Crippen LogP contribution >= 0.6 is 35.0 Å². The van der Waals surface area contributed by atoms with Gasteiger partial charge in [-0.3, -0.25) is 4.79 Å². The molecule has 6 heteroatoms. The predicted molar refractivity (Wildman–Crippen MR) is 76.1 cm³/mol. The maximum absolute atomic E-state index is 11.8. The van der Waals surface area contributed by atoms with Crippen molar-refractivity contribution >= 4 is 46.6 Å². The first-order chi connectivity index (χ1) is 8.02. The molecular weight excluding hydrogens is 279 g/mol. The van der Waals surface area contributed by atoms with Gasteiger partial charge in [0.05, 0.1) is 5.25 Å². The molecule has 1 unspecified atom stereocenters. The molecule has 17 heavy (non-hydrogen) atoms. The van der Waals surface area contributed by atoms with Crippen molar-refractivity contribution in [3.05, 3.63) is 28.2 Å². The average Bonchev–Trinajstić information content (AvgIpc) is 2.24. The Morgan fingerprint density at radius 1 is 1.41 bits per heavy atom. The Kier molecular flexibility index (Phi) is 6.12. The average molecular weight is 293 g/mol. The van der Waals surface area contributed by atoms with Gasteiger partial charge in [0.25, 0.3) is 0 Å². The molecule has 3 N–H and O–H groups in total. The summed E-state index contributed by atoms with van der Waals surface area (Å²) in [4.78, 5) is 11.8. The summed E-state index contributed by atoms with van der Waals surface area (Å²) in [6.45, 7) is 2.40. The lowest BCUT2D eigenvalue weighted by Crippen LogP contribution is -2.23. The molecule has 0 saturated heterocycles. The van der Waals surface area contributed by atoms with Crippen molar-refractivity contribution in [2.45, 2.75) is 12.2 Å². The maximum atomic E-state index is 11.8. The fraction of sp³-hybridized carbons (Fsp3) is 0.364. The highest BCUT2D eigenvalue weighted by Gasteiger charge is 2.13. The number of hydrogen-bond acceptors (Lipinski definition) is 3. The highest BCUT2D eigenvalue weighted by molar-refractivity contribution is 8.00. The first-order valence-corrected chi connectivity index (χ1v) is 6.92. The number of nitrogens with two attached hydrogens (primary N) is 1. The molecule has 1 atom stereocenters. The summed E-state index contributed by atoms with van der Waals surface area (Å²) in [6, 6.07) is 4.93. The van der Waals surface area contributed by atoms with Crippen LogP contribution < -0.4 is 11.1 Å². The Morgan fingerprint density at radius 2 is 2.00 bits per heavy atom. The van der Waals surface area contributed by atoms with Crippen LogP contribution in [0.3, 0.4) is 0 Å². The van der Waals surface area contributed by atoms with Crippen LogP contribution in [0, 0.1) is 0 Å². The minimum absolute atomic E-state index is 0.0817. The summed E-state index contributed by atoms with van der Waals surface area (Å²) in [5, 5.41) is 3.60. The molecule has 0 spiro atoms. The fourth-order valence-electron chi connectivity index (χ4n) is 1.19. The van der Waals surface area contributed by atoms with Gasteiger partial charge in [-0.2, -0.15) is 0 Å². The molecule has 0 fully saturated rings. The largest absolute Gasteiger partial charge is 0.330 e. The summed E-state index contributed by atoms with van der Waals surface area (Å²) in [7, 11) is 0. The zero-order valence-corrected chi connectivity index (χ0v) is 11.7. The van der Waals surface area contributed by atoms with Gasteiger partial charge in [0, 0.05) is 28.0 Å². The van der Waals surface area contributed by atoms with Gasteiger partial charge in [-0.05, 0) is 25.1 Å². The van der Waals surface area contributed by atoms with Crippen LogP contribution in [0.5, 0.6) is 0 Å². The summed E-state index contributed by atoms with van der Waals surface area (Å²) >= 11 is 13.2. The Balaban J connectivity index is 2.61. The van der Waals surface area contributed by atoms with Crippen LogP contribution in [-0.2, 0) is 4.79 Å². The highest BCUT2D eigenvalue weighted by atomic mass is 35.5. The topological polar surface area (TPSA) is 55.1 Å². The zero-order chi connectivity index (χ0) is 12.8. The van der Waals surface area contributed by atoms with Crippen molar-refractivity contribution < 1.29 is 4.79 Å². The second-order valence-corrected chi connectivity index (χ2v) is 5.77. The van der Waals surface area contributed by atoms with Gasteiger partial charge < -0.3 is 11.1 Å². The lowest BCUT2D eigenvalue weighted by molar-refractivity contribution is -0.115. The number of hydrogen-bond donors (Lipinski definition) is 2. The van der Waals surface area contributed by atoms with Crippen LogP contribution in [-0.4, -0.2) is 23.5 Å². The van der Waals surface area contributed by atoms with Crippen LogP contribution in [0.2, 0.25) is 10.0 Å². The molecule has 3 nitrogen and oxygen atoms in total. The van der Waals surface area contributed by atoms with E-state index in [0.29, 0.717) is 22.3 Å². The number of carbonyl (C=O) groups is 1. The third-order valence-corrected chi connectivity index (χ3v) is 3.61. The first-order valence-electron chi connectivity index (χ1n) is 5.11. The molecule has 1 amide bonds. The molecule has 0 aliphatic heterocycles. The quantitative estimate of drug-likeness (QED) is 0.877. The highest BCUT2D eigenvalue weighted by Crippen LogP contribution is 2.23. The third-order valence-electron chi connectivity index (χ3n) is 1.99. The molecule has 0 aliphatic carbocycles. The number of anilines is 1. The van der Waals surface area contributed by atoms with E-state index >= 15 is 0 Å². The summed E-state index contributed by atoms with van der Waals surface area (Å²) in [6.07, 6.45) is 0. The lowest BCUT2D eigenvalue weighted by atomic mass is 10.3. The van der Waals surface area contributed by atoms with E-state index in [4.69, 9.17) is 28.9 Å². The molecule has 0 bridgehead atoms. The molecule has 0 radical (unpaired) electrons. The normalized spacial score (nSPS) is 12.2. The van der Waals surface area contributed by atoms with E-state index in [1.165, 1.54) is 11.8 Å². The molecule has 0 aliphatic rings. The van der Waals surface area contributed by atoms with Gasteiger partial charge in [0.1, 0.15) is 0 Å². The molecule has 0 aromatic heterocycles. The Labute approximate surface area is 115 Å². The summed E-state index contributed by atoms with van der Waals surface area (Å²) in [5.41, 5.74) is 5.99. The second-order valence-electron chi connectivity index (χ2n) is 3.45. The van der Waals surface area contributed by atoms with Crippen molar-refractivity contribution in [3.8, 4) is 0 Å². The summed E-state index contributed by atoms with van der Waals surface area (Å²) in [5.74, 6) is 0.673. The van der Waals surface area contributed by atoms with Crippen LogP contribution in [0.25, 0.3) is 0 Å². The minimum atomic E-state index is -0.156. The SMILES string of the molecule is CC(SCCN)C(=O)Nc1cc(Cl)cc(Cl)c1. The van der Waals surface area contributed by atoms with E-state index in [2.05, 4.69) is 5.32 Å². The number of carbonyl (C=O) groups excluding carboxylic acids is 1. The Morgan fingerprint density at radius 3 is 2.53 bits per heavy atom. The smallest absolute Gasteiger partial charge is 0.237 e. The van der Waals surface area contributed by atoms with Crippen LogP contribution in [0.1, 0.15) is 6.92 Å². The number of halogens is 2. The Hall–Kier alpha value is -0.420. The maximum Gasteiger partial charge on any atom is 0.237 e. The molecule has 1 rings (SSSR count). The molecule has 1 aromatic rings. The monoisotopic (exact) mass is 292 g/mol. The first kappa shape index (κ1) is 14.6. The second kappa shape index (κ2) is 7.11. The molecule has 94 valence electrons. The summed E-state index contributed by atoms with van der Waals surface area (Å²) < 4.78 is 0. The molecule has 0 saturated carbocycles. The predicted octanol–water partition coefficient (Wildman–Crippen LogP) is 3.01. The van der Waals surface area contributed by atoms with E-state index in [-0.39, 0.29) is 11.2 Å². The zero-order valence-electron chi connectivity index (χ0n) is 9.37. The van der Waals surface area contributed by atoms with Gasteiger partial charge in [-0.1, -0.05) is 23.2 Å². The van der Waals surface area contributed by atoms with Crippen molar-refractivity contribution in [1.29, 1.82) is 0 Å². The van der Waals surface area contributed by atoms with Gasteiger partial charge in [-0.25, -0.2) is 0 Å². The van der Waals surface area contributed by atoms with Crippen molar-refractivity contribution in [2.24, 2.45) is 5.73 Å².